The van der Waals surface area contributed by atoms with Gasteiger partial charge in [0, 0.05) is 10.2 Å². The first-order valence-electron chi connectivity index (χ1n) is 11.1. The zero-order chi connectivity index (χ0) is 26.2. The molecule has 0 aliphatic carbocycles. The van der Waals surface area contributed by atoms with E-state index in [-0.39, 0.29) is 17.7 Å². The number of aryl methyl sites for hydroxylation is 1. The highest BCUT2D eigenvalue weighted by molar-refractivity contribution is 9.10. The lowest BCUT2D eigenvalue weighted by Gasteiger charge is -2.14. The summed E-state index contributed by atoms with van der Waals surface area (Å²) >= 11 is 3.49. The van der Waals surface area contributed by atoms with Crippen molar-refractivity contribution in [3.05, 3.63) is 92.5 Å². The van der Waals surface area contributed by atoms with Crippen molar-refractivity contribution in [1.82, 2.24) is 0 Å². The maximum absolute atomic E-state index is 12.8. The molecule has 3 aromatic carbocycles. The van der Waals surface area contributed by atoms with E-state index in [4.69, 9.17) is 14.6 Å². The van der Waals surface area contributed by atoms with Crippen LogP contribution in [0.4, 0.5) is 5.69 Å². The van der Waals surface area contributed by atoms with Gasteiger partial charge in [-0.05, 0) is 79.4 Å². The SMILES string of the molecule is CCOc1cc(/C=C(\C#N)C(=O)Nc2cccc(C)c2C)c(Br)cc1OCc1ccc(C(=O)O)cc1. The van der Waals surface area contributed by atoms with Crippen molar-refractivity contribution in [1.29, 1.82) is 5.26 Å². The van der Waals surface area contributed by atoms with Crippen LogP contribution in [0.15, 0.2) is 64.6 Å². The van der Waals surface area contributed by atoms with Crippen LogP contribution in [-0.4, -0.2) is 23.6 Å². The Bertz CT molecular complexity index is 1360. The van der Waals surface area contributed by atoms with Crippen LogP contribution in [0.2, 0.25) is 0 Å². The van der Waals surface area contributed by atoms with Crippen molar-refractivity contribution >= 4 is 39.6 Å². The van der Waals surface area contributed by atoms with Crippen molar-refractivity contribution in [2.24, 2.45) is 0 Å². The number of amides is 1. The van der Waals surface area contributed by atoms with E-state index in [2.05, 4.69) is 21.2 Å². The number of anilines is 1. The number of benzene rings is 3. The van der Waals surface area contributed by atoms with Crippen LogP contribution in [0.25, 0.3) is 6.08 Å². The van der Waals surface area contributed by atoms with Crippen LogP contribution in [-0.2, 0) is 11.4 Å². The molecule has 0 atom stereocenters. The highest BCUT2D eigenvalue weighted by atomic mass is 79.9. The number of ether oxygens (including phenoxy) is 2. The van der Waals surface area contributed by atoms with Gasteiger partial charge in [-0.15, -0.1) is 0 Å². The van der Waals surface area contributed by atoms with Crippen LogP contribution >= 0.6 is 15.9 Å². The average molecular weight is 549 g/mol. The van der Waals surface area contributed by atoms with Crippen LogP contribution in [0, 0.1) is 25.2 Å². The van der Waals surface area contributed by atoms with Gasteiger partial charge in [0.15, 0.2) is 11.5 Å². The second-order valence-electron chi connectivity index (χ2n) is 7.92. The lowest BCUT2D eigenvalue weighted by molar-refractivity contribution is -0.112. The van der Waals surface area contributed by atoms with Gasteiger partial charge < -0.3 is 19.9 Å². The molecule has 1 amide bonds. The van der Waals surface area contributed by atoms with Crippen LogP contribution in [0.5, 0.6) is 11.5 Å². The molecule has 0 unspecified atom stereocenters. The molecule has 0 radical (unpaired) electrons. The molecule has 0 fully saturated rings. The molecular formula is C28H25BrN2O5. The summed E-state index contributed by atoms with van der Waals surface area (Å²) in [6.45, 7) is 6.28. The Hall–Kier alpha value is -4.09. The molecule has 0 spiro atoms. The molecular weight excluding hydrogens is 524 g/mol. The molecule has 0 saturated heterocycles. The number of nitrogens with zero attached hydrogens (tertiary/aromatic N) is 1. The van der Waals surface area contributed by atoms with Crippen molar-refractivity contribution in [3.8, 4) is 17.6 Å². The molecule has 8 heteroatoms. The first-order valence-corrected chi connectivity index (χ1v) is 11.9. The highest BCUT2D eigenvalue weighted by Gasteiger charge is 2.15. The molecule has 0 heterocycles. The summed E-state index contributed by atoms with van der Waals surface area (Å²) in [5.41, 5.74) is 4.11. The number of carbonyl (C=O) groups is 2. The number of carboxylic acids is 1. The summed E-state index contributed by atoms with van der Waals surface area (Å²) in [5.74, 6) is -0.600. The Balaban J connectivity index is 1.84. The fraction of sp³-hybridized carbons (Fsp3) is 0.179. The van der Waals surface area contributed by atoms with E-state index >= 15 is 0 Å². The monoisotopic (exact) mass is 548 g/mol. The minimum Gasteiger partial charge on any atom is -0.490 e. The lowest BCUT2D eigenvalue weighted by atomic mass is 10.1. The molecule has 7 nitrogen and oxygen atoms in total. The molecule has 184 valence electrons. The molecule has 0 saturated carbocycles. The molecule has 36 heavy (non-hydrogen) atoms. The first-order chi connectivity index (χ1) is 17.2. The molecule has 3 rings (SSSR count). The number of nitrogens with one attached hydrogen (secondary N) is 1. The van der Waals surface area contributed by atoms with Crippen molar-refractivity contribution in [2.45, 2.75) is 27.4 Å². The Morgan fingerprint density at radius 1 is 1.08 bits per heavy atom. The third-order valence-corrected chi connectivity index (χ3v) is 6.16. The fourth-order valence-corrected chi connectivity index (χ4v) is 3.76. The Morgan fingerprint density at radius 3 is 2.42 bits per heavy atom. The second kappa shape index (κ2) is 12.0. The fourth-order valence-electron chi connectivity index (χ4n) is 3.33. The highest BCUT2D eigenvalue weighted by Crippen LogP contribution is 2.35. The van der Waals surface area contributed by atoms with Gasteiger partial charge in [0.25, 0.3) is 5.91 Å². The number of rotatable bonds is 9. The Morgan fingerprint density at radius 2 is 1.78 bits per heavy atom. The number of carboxylic acid groups (broad SMARTS) is 1. The second-order valence-corrected chi connectivity index (χ2v) is 8.77. The number of hydrogen-bond donors (Lipinski definition) is 2. The van der Waals surface area contributed by atoms with E-state index in [0.717, 1.165) is 16.7 Å². The predicted octanol–water partition coefficient (Wildman–Crippen LogP) is 6.29. The lowest BCUT2D eigenvalue weighted by Crippen LogP contribution is -2.14. The normalized spacial score (nSPS) is 10.9. The van der Waals surface area contributed by atoms with E-state index in [1.54, 1.807) is 30.3 Å². The van der Waals surface area contributed by atoms with Gasteiger partial charge >= 0.3 is 5.97 Å². The van der Waals surface area contributed by atoms with E-state index in [1.807, 2.05) is 39.0 Å². The van der Waals surface area contributed by atoms with E-state index < -0.39 is 11.9 Å². The van der Waals surface area contributed by atoms with Gasteiger partial charge in [0.05, 0.1) is 12.2 Å². The smallest absolute Gasteiger partial charge is 0.335 e. The van der Waals surface area contributed by atoms with Crippen molar-refractivity contribution in [3.63, 3.8) is 0 Å². The van der Waals surface area contributed by atoms with Gasteiger partial charge in [0.2, 0.25) is 0 Å². The van der Waals surface area contributed by atoms with Crippen molar-refractivity contribution in [2.75, 3.05) is 11.9 Å². The van der Waals surface area contributed by atoms with Crippen LogP contribution in [0.3, 0.4) is 0 Å². The van der Waals surface area contributed by atoms with E-state index in [9.17, 15) is 14.9 Å². The topological polar surface area (TPSA) is 109 Å². The summed E-state index contributed by atoms with van der Waals surface area (Å²) < 4.78 is 12.3. The Kier molecular flexibility index (Phi) is 8.87. The first kappa shape index (κ1) is 26.5. The third-order valence-electron chi connectivity index (χ3n) is 5.48. The minimum atomic E-state index is -0.992. The third kappa shape index (κ3) is 6.52. The van der Waals surface area contributed by atoms with Gasteiger partial charge in [-0.1, -0.05) is 40.2 Å². The van der Waals surface area contributed by atoms with Gasteiger partial charge in [-0.3, -0.25) is 4.79 Å². The molecule has 3 aromatic rings. The maximum Gasteiger partial charge on any atom is 0.335 e. The number of halogens is 1. The van der Waals surface area contributed by atoms with Gasteiger partial charge in [-0.25, -0.2) is 4.79 Å². The minimum absolute atomic E-state index is 0.0637. The van der Waals surface area contributed by atoms with Gasteiger partial charge in [0.1, 0.15) is 18.2 Å². The number of aromatic carboxylic acids is 1. The standard InChI is InChI=1S/C28H25BrN2O5/c1-4-35-25-13-21(12-22(15-30)27(32)31-24-7-5-6-17(2)18(24)3)23(29)14-26(25)36-16-19-8-10-20(11-9-19)28(33)34/h5-14H,4,16H2,1-3H3,(H,31,32)(H,33,34)/b22-12+. The van der Waals surface area contributed by atoms with Crippen LogP contribution < -0.4 is 14.8 Å². The van der Waals surface area contributed by atoms with E-state index in [0.29, 0.717) is 33.8 Å². The summed E-state index contributed by atoms with van der Waals surface area (Å²) in [5, 5.41) is 21.5. The van der Waals surface area contributed by atoms with E-state index in [1.165, 1.54) is 18.2 Å². The summed E-state index contributed by atoms with van der Waals surface area (Å²) in [7, 11) is 0. The summed E-state index contributed by atoms with van der Waals surface area (Å²) in [6, 6.07) is 17.4. The summed E-state index contributed by atoms with van der Waals surface area (Å²) in [4.78, 5) is 23.9. The molecule has 2 N–H and O–H groups in total. The molecule has 0 aromatic heterocycles. The zero-order valence-corrected chi connectivity index (χ0v) is 21.7. The zero-order valence-electron chi connectivity index (χ0n) is 20.1. The van der Waals surface area contributed by atoms with Gasteiger partial charge in [-0.2, -0.15) is 5.26 Å². The predicted molar refractivity (Wildman–Crippen MR) is 141 cm³/mol. The quantitative estimate of drug-likeness (QED) is 0.240. The van der Waals surface area contributed by atoms with Crippen LogP contribution in [0.1, 0.15) is 39.5 Å². The molecule has 0 aliphatic rings. The number of nitriles is 1. The summed E-state index contributed by atoms with van der Waals surface area (Å²) in [6.07, 6.45) is 1.49. The molecule has 0 bridgehead atoms. The molecule has 0 aliphatic heterocycles. The van der Waals surface area contributed by atoms with Crippen molar-refractivity contribution < 1.29 is 24.2 Å². The number of carbonyl (C=O) groups excluding carboxylic acids is 1. The average Bonchev–Trinajstić information content (AvgIpc) is 2.86. The number of hydrogen-bond acceptors (Lipinski definition) is 5. The maximum atomic E-state index is 12.8. The largest absolute Gasteiger partial charge is 0.490 e. The Labute approximate surface area is 218 Å².